The number of nitrogens with one attached hydrogen (secondary N) is 1. The Kier molecular flexibility index (Phi) is 6.09. The molecule has 0 fully saturated rings. The predicted octanol–water partition coefficient (Wildman–Crippen LogP) is 4.52. The third kappa shape index (κ3) is 4.56. The molecule has 0 aromatic carbocycles. The van der Waals surface area contributed by atoms with Crippen molar-refractivity contribution in [3.05, 3.63) is 34.7 Å². The topological polar surface area (TPSA) is 91.8 Å². The smallest absolute Gasteiger partial charge is 0.236 e. The number of aromatic nitrogens is 2. The molecule has 3 rings (SSSR count). The number of aryl methyl sites for hydroxylation is 2. The zero-order chi connectivity index (χ0) is 20.3. The molecule has 0 saturated heterocycles. The first kappa shape index (κ1) is 20.4. The van der Waals surface area contributed by atoms with E-state index in [1.165, 1.54) is 17.3 Å². The summed E-state index contributed by atoms with van der Waals surface area (Å²) in [5.41, 5.74) is 3.08. The van der Waals surface area contributed by atoms with Gasteiger partial charge < -0.3 is 9.84 Å². The summed E-state index contributed by atoms with van der Waals surface area (Å²) in [4.78, 5) is 16.9. The predicted molar refractivity (Wildman–Crippen MR) is 109 cm³/mol. The Hall–Kier alpha value is -2.33. The van der Waals surface area contributed by atoms with Crippen LogP contribution in [-0.2, 0) is 17.6 Å². The van der Waals surface area contributed by atoms with Crippen molar-refractivity contribution in [3.63, 3.8) is 0 Å². The average Bonchev–Trinajstić information content (AvgIpc) is 3.09. The van der Waals surface area contributed by atoms with Crippen molar-refractivity contribution in [1.29, 1.82) is 5.26 Å². The molecule has 0 spiro atoms. The Morgan fingerprint density at radius 3 is 2.89 bits per heavy atom. The van der Waals surface area contributed by atoms with Gasteiger partial charge in [0.15, 0.2) is 5.82 Å². The molecule has 7 heteroatoms. The van der Waals surface area contributed by atoms with Gasteiger partial charge in [-0.05, 0) is 49.1 Å². The van der Waals surface area contributed by atoms with E-state index in [4.69, 9.17) is 9.51 Å². The van der Waals surface area contributed by atoms with Crippen molar-refractivity contribution >= 4 is 23.5 Å². The number of amides is 1. The molecule has 28 heavy (non-hydrogen) atoms. The van der Waals surface area contributed by atoms with Gasteiger partial charge in [0.25, 0.3) is 0 Å². The van der Waals surface area contributed by atoms with E-state index in [2.05, 4.69) is 37.3 Å². The molecule has 2 aromatic rings. The van der Waals surface area contributed by atoms with Crippen molar-refractivity contribution in [2.24, 2.45) is 11.3 Å². The highest BCUT2D eigenvalue weighted by atomic mass is 32.2. The molecule has 0 bridgehead atoms. The van der Waals surface area contributed by atoms with Crippen LogP contribution >= 0.6 is 11.8 Å². The zero-order valence-electron chi connectivity index (χ0n) is 16.8. The van der Waals surface area contributed by atoms with Crippen molar-refractivity contribution in [2.45, 2.75) is 58.4 Å². The lowest BCUT2D eigenvalue weighted by molar-refractivity contribution is -0.113. The van der Waals surface area contributed by atoms with Gasteiger partial charge in [0.05, 0.1) is 11.3 Å². The summed E-state index contributed by atoms with van der Waals surface area (Å²) in [6.07, 6.45) is 4.14. The van der Waals surface area contributed by atoms with E-state index in [9.17, 15) is 10.1 Å². The number of thioether (sulfide) groups is 1. The van der Waals surface area contributed by atoms with Crippen molar-refractivity contribution in [3.8, 4) is 6.07 Å². The van der Waals surface area contributed by atoms with Gasteiger partial charge in [-0.25, -0.2) is 4.98 Å². The summed E-state index contributed by atoms with van der Waals surface area (Å²) < 4.78 is 4.94. The maximum Gasteiger partial charge on any atom is 0.236 e. The molecule has 0 saturated carbocycles. The second-order valence-corrected chi connectivity index (χ2v) is 8.96. The molecule has 1 aliphatic rings. The van der Waals surface area contributed by atoms with Gasteiger partial charge in [-0.1, -0.05) is 44.1 Å². The first-order valence-electron chi connectivity index (χ1n) is 9.61. The van der Waals surface area contributed by atoms with E-state index in [0.717, 1.165) is 31.4 Å². The van der Waals surface area contributed by atoms with E-state index >= 15 is 0 Å². The number of fused-ring (bicyclic) bond motifs is 1. The molecule has 1 unspecified atom stereocenters. The number of pyridine rings is 1. The molecule has 1 aliphatic carbocycles. The van der Waals surface area contributed by atoms with Crippen LogP contribution in [0.1, 0.15) is 56.2 Å². The summed E-state index contributed by atoms with van der Waals surface area (Å²) >= 11 is 1.29. The Morgan fingerprint density at radius 2 is 2.25 bits per heavy atom. The van der Waals surface area contributed by atoms with Gasteiger partial charge in [0.1, 0.15) is 16.9 Å². The maximum atomic E-state index is 12.1. The number of hydrogen-bond acceptors (Lipinski definition) is 6. The third-order valence-corrected chi connectivity index (χ3v) is 6.72. The van der Waals surface area contributed by atoms with Crippen LogP contribution in [0, 0.1) is 29.6 Å². The molecule has 1 amide bonds. The molecule has 0 radical (unpaired) electrons. The molecule has 6 nitrogen and oxygen atoms in total. The van der Waals surface area contributed by atoms with E-state index in [0.29, 0.717) is 28.1 Å². The molecule has 1 N–H and O–H groups in total. The molecule has 1 atom stereocenters. The Labute approximate surface area is 170 Å². The third-order valence-electron chi connectivity index (χ3n) is 5.72. The summed E-state index contributed by atoms with van der Waals surface area (Å²) in [5, 5.41) is 16.6. The normalized spacial score (nSPS) is 16.3. The first-order valence-corrected chi connectivity index (χ1v) is 10.6. The minimum absolute atomic E-state index is 0.165. The van der Waals surface area contributed by atoms with Gasteiger partial charge in [-0.3, -0.25) is 4.79 Å². The number of nitriles is 1. The van der Waals surface area contributed by atoms with E-state index < -0.39 is 0 Å². The van der Waals surface area contributed by atoms with Gasteiger partial charge in [-0.2, -0.15) is 5.26 Å². The quantitative estimate of drug-likeness (QED) is 0.719. The van der Waals surface area contributed by atoms with Gasteiger partial charge in [-0.15, -0.1) is 0 Å². The number of hydrogen-bond donors (Lipinski definition) is 1. The fraction of sp³-hybridized carbons (Fsp3) is 0.524. The van der Waals surface area contributed by atoms with Crippen molar-refractivity contribution in [2.75, 3.05) is 11.1 Å². The van der Waals surface area contributed by atoms with Crippen LogP contribution in [0.4, 0.5) is 5.82 Å². The van der Waals surface area contributed by atoms with Gasteiger partial charge in [0, 0.05) is 11.8 Å². The highest BCUT2D eigenvalue weighted by Crippen LogP contribution is 2.40. The van der Waals surface area contributed by atoms with Crippen LogP contribution in [0.5, 0.6) is 0 Å². The van der Waals surface area contributed by atoms with Gasteiger partial charge in [0.2, 0.25) is 5.91 Å². The lowest BCUT2D eigenvalue weighted by Crippen LogP contribution is -2.29. The Balaban J connectivity index is 1.70. The SMILES string of the molecule is CCC(C)(C)C1CCc2nc(SCC(=O)Nc3cc(C)on3)c(C#N)cc2C1. The van der Waals surface area contributed by atoms with Crippen LogP contribution in [0.2, 0.25) is 0 Å². The zero-order valence-corrected chi connectivity index (χ0v) is 17.7. The second-order valence-electron chi connectivity index (χ2n) is 8.00. The number of rotatable bonds is 6. The summed E-state index contributed by atoms with van der Waals surface area (Å²) in [7, 11) is 0. The number of nitrogens with zero attached hydrogens (tertiary/aromatic N) is 3. The summed E-state index contributed by atoms with van der Waals surface area (Å²) in [5.74, 6) is 1.60. The molecule has 2 heterocycles. The van der Waals surface area contributed by atoms with Crippen LogP contribution < -0.4 is 5.32 Å². The number of carbonyl (C=O) groups excluding carboxylic acids is 1. The summed E-state index contributed by atoms with van der Waals surface area (Å²) in [6.45, 7) is 8.64. The average molecular weight is 399 g/mol. The summed E-state index contributed by atoms with van der Waals surface area (Å²) in [6, 6.07) is 5.88. The molecular weight excluding hydrogens is 372 g/mol. The Bertz CT molecular complexity index is 914. The van der Waals surface area contributed by atoms with Crippen LogP contribution in [0.15, 0.2) is 21.7 Å². The molecule has 2 aromatic heterocycles. The van der Waals surface area contributed by atoms with E-state index in [-0.39, 0.29) is 17.1 Å². The molecular formula is C21H26N4O2S. The highest BCUT2D eigenvalue weighted by Gasteiger charge is 2.32. The van der Waals surface area contributed by atoms with Crippen LogP contribution in [0.25, 0.3) is 0 Å². The van der Waals surface area contributed by atoms with Crippen LogP contribution in [-0.4, -0.2) is 21.8 Å². The highest BCUT2D eigenvalue weighted by molar-refractivity contribution is 8.00. The maximum absolute atomic E-state index is 12.1. The number of anilines is 1. The minimum Gasteiger partial charge on any atom is -0.360 e. The standard InChI is InChI=1S/C21H26N4O2S/c1-5-21(3,4)16-6-7-17-14(10-16)9-15(11-22)20(23-17)28-12-19(26)24-18-8-13(2)27-25-18/h8-9,16H,5-7,10,12H2,1-4H3,(H,24,25,26). The molecule has 148 valence electrons. The van der Waals surface area contributed by atoms with E-state index in [1.807, 2.05) is 6.07 Å². The largest absolute Gasteiger partial charge is 0.360 e. The molecule has 0 aliphatic heterocycles. The number of carbonyl (C=O) groups is 1. The fourth-order valence-corrected chi connectivity index (χ4v) is 4.30. The van der Waals surface area contributed by atoms with Crippen molar-refractivity contribution in [1.82, 2.24) is 10.1 Å². The minimum atomic E-state index is -0.202. The van der Waals surface area contributed by atoms with Gasteiger partial charge >= 0.3 is 0 Å². The first-order chi connectivity index (χ1) is 13.3. The second kappa shape index (κ2) is 8.36. The monoisotopic (exact) mass is 398 g/mol. The van der Waals surface area contributed by atoms with Crippen molar-refractivity contribution < 1.29 is 9.32 Å². The fourth-order valence-electron chi connectivity index (χ4n) is 3.53. The lowest BCUT2D eigenvalue weighted by Gasteiger charge is -2.37. The van der Waals surface area contributed by atoms with E-state index in [1.54, 1.807) is 13.0 Å². The van der Waals surface area contributed by atoms with Crippen LogP contribution in [0.3, 0.4) is 0 Å². The Morgan fingerprint density at radius 1 is 1.46 bits per heavy atom. The lowest BCUT2D eigenvalue weighted by atomic mass is 9.69.